The highest BCUT2D eigenvalue weighted by Crippen LogP contribution is 2.51. The van der Waals surface area contributed by atoms with Gasteiger partial charge in [-0.3, -0.25) is 4.79 Å². The molecule has 1 saturated carbocycles. The van der Waals surface area contributed by atoms with Crippen molar-refractivity contribution in [3.63, 3.8) is 0 Å². The third kappa shape index (κ3) is 3.57. The van der Waals surface area contributed by atoms with Gasteiger partial charge in [-0.15, -0.1) is 22.0 Å². The maximum absolute atomic E-state index is 11.2. The monoisotopic (exact) mass is 272 g/mol. The fraction of sp³-hybridized carbons (Fsp3) is 0.545. The number of halogens is 1. The Bertz CT molecular complexity index is 406. The van der Waals surface area contributed by atoms with Gasteiger partial charge in [0.25, 0.3) is 0 Å². The molecule has 6 heteroatoms. The van der Waals surface area contributed by atoms with Crippen molar-refractivity contribution in [2.45, 2.75) is 24.3 Å². The Morgan fingerprint density at radius 3 is 2.82 bits per heavy atom. The van der Waals surface area contributed by atoms with E-state index in [4.69, 9.17) is 16.3 Å². The number of carbonyl (C=O) groups is 1. The van der Waals surface area contributed by atoms with Gasteiger partial charge in [0.05, 0.1) is 13.5 Å². The van der Waals surface area contributed by atoms with Crippen molar-refractivity contribution >= 4 is 29.3 Å². The summed E-state index contributed by atoms with van der Waals surface area (Å²) >= 11 is 7.27. The molecular formula is C11H13ClN2O2S. The van der Waals surface area contributed by atoms with E-state index in [-0.39, 0.29) is 11.4 Å². The molecule has 1 aromatic heterocycles. The molecule has 0 saturated heterocycles. The zero-order chi connectivity index (χ0) is 12.3. The van der Waals surface area contributed by atoms with E-state index in [1.54, 1.807) is 17.8 Å². The van der Waals surface area contributed by atoms with Crippen molar-refractivity contribution in [1.82, 2.24) is 10.2 Å². The van der Waals surface area contributed by atoms with E-state index in [9.17, 15) is 4.79 Å². The smallest absolute Gasteiger partial charge is 0.306 e. The molecule has 0 bridgehead atoms. The fourth-order valence-electron chi connectivity index (χ4n) is 1.54. The van der Waals surface area contributed by atoms with Gasteiger partial charge in [0.1, 0.15) is 5.03 Å². The van der Waals surface area contributed by atoms with Crippen LogP contribution in [0.5, 0.6) is 0 Å². The second-order valence-electron chi connectivity index (χ2n) is 4.24. The molecule has 4 nitrogen and oxygen atoms in total. The molecule has 1 aromatic rings. The zero-order valence-corrected chi connectivity index (χ0v) is 11.1. The first-order valence-electron chi connectivity index (χ1n) is 5.32. The lowest BCUT2D eigenvalue weighted by Crippen LogP contribution is -2.13. The van der Waals surface area contributed by atoms with Crippen LogP contribution in [0.25, 0.3) is 0 Å². The van der Waals surface area contributed by atoms with Crippen LogP contribution in [-0.4, -0.2) is 29.0 Å². The van der Waals surface area contributed by atoms with E-state index >= 15 is 0 Å². The fourth-order valence-corrected chi connectivity index (χ4v) is 2.74. The first-order valence-corrected chi connectivity index (χ1v) is 6.69. The second-order valence-corrected chi connectivity index (χ2v) is 5.62. The highest BCUT2D eigenvalue weighted by molar-refractivity contribution is 7.99. The number of hydrogen-bond donors (Lipinski definition) is 0. The Hall–Kier alpha value is -0.810. The van der Waals surface area contributed by atoms with Crippen LogP contribution in [0.1, 0.15) is 19.3 Å². The molecule has 0 N–H and O–H groups in total. The van der Waals surface area contributed by atoms with Gasteiger partial charge in [-0.05, 0) is 30.4 Å². The highest BCUT2D eigenvalue weighted by Gasteiger charge is 2.44. The van der Waals surface area contributed by atoms with Crippen molar-refractivity contribution in [2.24, 2.45) is 5.41 Å². The number of esters is 1. The molecule has 0 aromatic carbocycles. The Labute approximate surface area is 109 Å². The number of hydrogen-bond acceptors (Lipinski definition) is 5. The van der Waals surface area contributed by atoms with Gasteiger partial charge in [-0.1, -0.05) is 11.6 Å². The highest BCUT2D eigenvalue weighted by atomic mass is 35.5. The lowest BCUT2D eigenvalue weighted by Gasteiger charge is -2.12. The molecule has 17 heavy (non-hydrogen) atoms. The molecule has 0 aliphatic heterocycles. The summed E-state index contributed by atoms with van der Waals surface area (Å²) in [6.07, 6.45) is 2.66. The summed E-state index contributed by atoms with van der Waals surface area (Å²) in [7, 11) is 1.43. The first-order chi connectivity index (χ1) is 8.13. The van der Waals surface area contributed by atoms with Gasteiger partial charge in [-0.2, -0.15) is 0 Å². The van der Waals surface area contributed by atoms with Gasteiger partial charge in [0.15, 0.2) is 5.15 Å². The molecule has 0 radical (unpaired) electrons. The van der Waals surface area contributed by atoms with Crippen LogP contribution in [0.3, 0.4) is 0 Å². The minimum atomic E-state index is -0.134. The summed E-state index contributed by atoms with van der Waals surface area (Å²) < 4.78 is 4.70. The lowest BCUT2D eigenvalue weighted by atomic mass is 10.1. The molecule has 2 rings (SSSR count). The second kappa shape index (κ2) is 5.23. The van der Waals surface area contributed by atoms with Crippen LogP contribution >= 0.6 is 23.4 Å². The molecule has 92 valence electrons. The minimum Gasteiger partial charge on any atom is -0.469 e. The Morgan fingerprint density at radius 2 is 2.29 bits per heavy atom. The maximum atomic E-state index is 11.2. The van der Waals surface area contributed by atoms with Crippen LogP contribution in [0, 0.1) is 5.41 Å². The van der Waals surface area contributed by atoms with Gasteiger partial charge >= 0.3 is 5.97 Å². The summed E-state index contributed by atoms with van der Waals surface area (Å²) in [5, 5.41) is 8.99. The molecular weight excluding hydrogens is 260 g/mol. The zero-order valence-electron chi connectivity index (χ0n) is 9.48. The standard InChI is InChI=1S/C11H13ClN2O2S/c1-16-10(15)6-11(4-5-11)7-17-9-3-2-8(12)13-14-9/h2-3H,4-7H2,1H3. The van der Waals surface area contributed by atoms with Crippen LogP contribution in [0.15, 0.2) is 17.2 Å². The number of methoxy groups -OCH3 is 1. The molecule has 0 amide bonds. The lowest BCUT2D eigenvalue weighted by molar-refractivity contribution is -0.141. The van der Waals surface area contributed by atoms with Gasteiger partial charge in [0.2, 0.25) is 0 Å². The van der Waals surface area contributed by atoms with Crippen LogP contribution in [-0.2, 0) is 9.53 Å². The summed E-state index contributed by atoms with van der Waals surface area (Å²) in [6.45, 7) is 0. The number of ether oxygens (including phenoxy) is 1. The van der Waals surface area contributed by atoms with Crippen molar-refractivity contribution in [1.29, 1.82) is 0 Å². The van der Waals surface area contributed by atoms with Crippen LogP contribution in [0.4, 0.5) is 0 Å². The van der Waals surface area contributed by atoms with Crippen LogP contribution in [0.2, 0.25) is 5.15 Å². The maximum Gasteiger partial charge on any atom is 0.306 e. The van der Waals surface area contributed by atoms with E-state index in [0.29, 0.717) is 11.6 Å². The van der Waals surface area contributed by atoms with Gasteiger partial charge in [-0.25, -0.2) is 0 Å². The first kappa shape index (κ1) is 12.6. The predicted octanol–water partition coefficient (Wildman–Crippen LogP) is 2.57. The minimum absolute atomic E-state index is 0.110. The molecule has 0 spiro atoms. The van der Waals surface area contributed by atoms with E-state index in [2.05, 4.69) is 10.2 Å². The van der Waals surface area contributed by atoms with E-state index in [1.807, 2.05) is 6.07 Å². The normalized spacial score (nSPS) is 16.6. The van der Waals surface area contributed by atoms with Gasteiger partial charge < -0.3 is 4.74 Å². The Morgan fingerprint density at radius 1 is 1.53 bits per heavy atom. The third-order valence-electron chi connectivity index (χ3n) is 2.84. The molecule has 1 aliphatic carbocycles. The van der Waals surface area contributed by atoms with Gasteiger partial charge in [0, 0.05) is 5.75 Å². The Balaban J connectivity index is 1.85. The van der Waals surface area contributed by atoms with Crippen LogP contribution < -0.4 is 0 Å². The number of rotatable bonds is 5. The van der Waals surface area contributed by atoms with E-state index in [0.717, 1.165) is 23.6 Å². The Kier molecular flexibility index (Phi) is 3.89. The largest absolute Gasteiger partial charge is 0.469 e. The van der Waals surface area contributed by atoms with Crippen molar-refractivity contribution in [3.8, 4) is 0 Å². The summed E-state index contributed by atoms with van der Waals surface area (Å²) in [5.41, 5.74) is 0.110. The average Bonchev–Trinajstić information content (AvgIpc) is 3.09. The van der Waals surface area contributed by atoms with E-state index < -0.39 is 0 Å². The number of nitrogens with zero attached hydrogens (tertiary/aromatic N) is 2. The SMILES string of the molecule is COC(=O)CC1(CSc2ccc(Cl)nn2)CC1. The summed E-state index contributed by atoms with van der Waals surface area (Å²) in [4.78, 5) is 11.2. The molecule has 1 aliphatic rings. The molecule has 0 atom stereocenters. The quantitative estimate of drug-likeness (QED) is 0.609. The average molecular weight is 273 g/mol. The van der Waals surface area contributed by atoms with Crippen molar-refractivity contribution in [2.75, 3.05) is 12.9 Å². The molecule has 1 fully saturated rings. The van der Waals surface area contributed by atoms with E-state index in [1.165, 1.54) is 7.11 Å². The van der Waals surface area contributed by atoms with Crippen molar-refractivity contribution < 1.29 is 9.53 Å². The topological polar surface area (TPSA) is 52.1 Å². The third-order valence-corrected chi connectivity index (χ3v) is 4.31. The summed E-state index contributed by atoms with van der Waals surface area (Å²) in [6, 6.07) is 3.56. The number of thioether (sulfide) groups is 1. The number of aromatic nitrogens is 2. The number of carbonyl (C=O) groups excluding carboxylic acids is 1. The molecule has 0 unspecified atom stereocenters. The predicted molar refractivity (Wildman–Crippen MR) is 66.1 cm³/mol. The van der Waals surface area contributed by atoms with Crippen molar-refractivity contribution in [3.05, 3.63) is 17.3 Å². The molecule has 1 heterocycles. The summed E-state index contributed by atoms with van der Waals surface area (Å²) in [5.74, 6) is 0.739.